The third-order valence-corrected chi connectivity index (χ3v) is 2.33. The van der Waals surface area contributed by atoms with Crippen molar-refractivity contribution >= 4 is 5.91 Å². The van der Waals surface area contributed by atoms with Crippen LogP contribution in [0.1, 0.15) is 32.5 Å². The van der Waals surface area contributed by atoms with Gasteiger partial charge in [0.1, 0.15) is 0 Å². The molecule has 1 heterocycles. The summed E-state index contributed by atoms with van der Waals surface area (Å²) in [6.07, 6.45) is 3.17. The largest absolute Gasteiger partial charge is 0.352 e. The molecule has 6 nitrogen and oxygen atoms in total. The Morgan fingerprint density at radius 1 is 1.50 bits per heavy atom. The summed E-state index contributed by atoms with van der Waals surface area (Å²) in [6.45, 7) is 4.82. The van der Waals surface area contributed by atoms with Gasteiger partial charge in [-0.1, -0.05) is 19.0 Å². The van der Waals surface area contributed by atoms with Crippen molar-refractivity contribution in [3.63, 3.8) is 0 Å². The van der Waals surface area contributed by atoms with E-state index < -0.39 is 0 Å². The second-order valence-electron chi connectivity index (χ2n) is 3.53. The van der Waals surface area contributed by atoms with Gasteiger partial charge in [0, 0.05) is 6.04 Å². The molecule has 0 aliphatic heterocycles. The average Bonchev–Trinajstić information content (AvgIpc) is 2.79. The minimum atomic E-state index is -0.00260. The third-order valence-electron chi connectivity index (χ3n) is 2.33. The highest BCUT2D eigenvalue weighted by Crippen LogP contribution is 1.95. The predicted octanol–water partition coefficient (Wildman–Crippen LogP) is 0.464. The highest BCUT2D eigenvalue weighted by molar-refractivity contribution is 5.78. The van der Waals surface area contributed by atoms with Gasteiger partial charge in [0.25, 0.3) is 0 Å². The number of hydrogen-bond donors (Lipinski definition) is 2. The Balaban J connectivity index is 2.15. The first-order valence-corrected chi connectivity index (χ1v) is 5.51. The summed E-state index contributed by atoms with van der Waals surface area (Å²) in [5, 5.41) is 9.50. The lowest BCUT2D eigenvalue weighted by atomic mass is 10.2. The van der Waals surface area contributed by atoms with Crippen molar-refractivity contribution in [2.45, 2.75) is 39.3 Å². The quantitative estimate of drug-likeness (QED) is 0.706. The first kappa shape index (κ1) is 12.6. The molecule has 0 aliphatic rings. The average molecular weight is 226 g/mol. The van der Waals surface area contributed by atoms with Gasteiger partial charge in [-0.25, -0.2) is 0 Å². The maximum atomic E-state index is 11.5. The van der Waals surface area contributed by atoms with Crippen molar-refractivity contribution in [3.8, 4) is 0 Å². The summed E-state index contributed by atoms with van der Waals surface area (Å²) in [5.74, 6) is 0.549. The van der Waals surface area contributed by atoms with E-state index in [9.17, 15) is 4.79 Å². The third kappa shape index (κ3) is 4.39. The van der Waals surface area contributed by atoms with Crippen LogP contribution in [-0.2, 0) is 11.3 Å². The van der Waals surface area contributed by atoms with E-state index in [0.717, 1.165) is 12.8 Å². The van der Waals surface area contributed by atoms with Crippen LogP contribution < -0.4 is 10.6 Å². The van der Waals surface area contributed by atoms with E-state index in [1.807, 2.05) is 0 Å². The van der Waals surface area contributed by atoms with Crippen LogP contribution in [0.3, 0.4) is 0 Å². The van der Waals surface area contributed by atoms with Gasteiger partial charge in [0.2, 0.25) is 12.3 Å². The molecule has 0 aromatic carbocycles. The van der Waals surface area contributed by atoms with Crippen LogP contribution in [0.4, 0.5) is 0 Å². The zero-order valence-corrected chi connectivity index (χ0v) is 9.69. The molecule has 0 spiro atoms. The molecule has 1 rings (SSSR count). The van der Waals surface area contributed by atoms with Gasteiger partial charge in [-0.15, -0.1) is 0 Å². The standard InChI is InChI=1S/C10H18N4O2/c1-3-8(4-2)13-10(15)6-11-5-9-12-7-16-14-9/h7-8,11H,3-6H2,1-2H3,(H,13,15). The molecule has 90 valence electrons. The maximum Gasteiger partial charge on any atom is 0.234 e. The number of nitrogens with zero attached hydrogens (tertiary/aromatic N) is 2. The summed E-state index contributed by atoms with van der Waals surface area (Å²) in [5.41, 5.74) is 0. The van der Waals surface area contributed by atoms with Crippen LogP contribution in [0, 0.1) is 0 Å². The first-order chi connectivity index (χ1) is 7.76. The highest BCUT2D eigenvalue weighted by atomic mass is 16.5. The van der Waals surface area contributed by atoms with Crippen molar-refractivity contribution in [1.82, 2.24) is 20.8 Å². The minimum absolute atomic E-state index is 0.00260. The fourth-order valence-electron chi connectivity index (χ4n) is 1.33. The fourth-order valence-corrected chi connectivity index (χ4v) is 1.33. The van der Waals surface area contributed by atoms with E-state index in [0.29, 0.717) is 12.4 Å². The topological polar surface area (TPSA) is 80.0 Å². The van der Waals surface area contributed by atoms with Gasteiger partial charge in [-0.2, -0.15) is 4.98 Å². The molecule has 2 N–H and O–H groups in total. The van der Waals surface area contributed by atoms with Crippen LogP contribution in [0.15, 0.2) is 10.9 Å². The second kappa shape index (κ2) is 6.95. The number of rotatable bonds is 7. The number of nitrogens with one attached hydrogen (secondary N) is 2. The lowest BCUT2D eigenvalue weighted by Gasteiger charge is -2.14. The summed E-state index contributed by atoms with van der Waals surface area (Å²) in [7, 11) is 0. The molecule has 0 saturated heterocycles. The highest BCUT2D eigenvalue weighted by Gasteiger charge is 2.07. The van der Waals surface area contributed by atoms with Crippen LogP contribution in [0.2, 0.25) is 0 Å². The molecule has 16 heavy (non-hydrogen) atoms. The summed E-state index contributed by atoms with van der Waals surface area (Å²) >= 11 is 0. The monoisotopic (exact) mass is 226 g/mol. The van der Waals surface area contributed by atoms with Crippen LogP contribution in [-0.4, -0.2) is 28.6 Å². The Hall–Kier alpha value is -1.43. The van der Waals surface area contributed by atoms with Gasteiger partial charge in [-0.05, 0) is 12.8 Å². The van der Waals surface area contributed by atoms with Crippen LogP contribution in [0.25, 0.3) is 0 Å². The Morgan fingerprint density at radius 3 is 2.81 bits per heavy atom. The van der Waals surface area contributed by atoms with Gasteiger partial charge < -0.3 is 15.2 Å². The van der Waals surface area contributed by atoms with E-state index in [-0.39, 0.29) is 18.5 Å². The number of carbonyl (C=O) groups excluding carboxylic acids is 1. The van der Waals surface area contributed by atoms with E-state index in [1.165, 1.54) is 6.39 Å². The molecular weight excluding hydrogens is 208 g/mol. The smallest absolute Gasteiger partial charge is 0.234 e. The molecule has 1 aromatic rings. The Labute approximate surface area is 94.8 Å². The van der Waals surface area contributed by atoms with E-state index in [2.05, 4.69) is 39.1 Å². The maximum absolute atomic E-state index is 11.5. The summed E-state index contributed by atoms with van der Waals surface area (Å²) < 4.78 is 4.57. The van der Waals surface area contributed by atoms with Crippen molar-refractivity contribution in [2.24, 2.45) is 0 Å². The molecule has 0 unspecified atom stereocenters. The number of hydrogen-bond acceptors (Lipinski definition) is 5. The molecule has 0 fully saturated rings. The first-order valence-electron chi connectivity index (χ1n) is 5.51. The summed E-state index contributed by atoms with van der Waals surface area (Å²) in [6, 6.07) is 0.263. The van der Waals surface area contributed by atoms with Crippen molar-refractivity contribution in [3.05, 3.63) is 12.2 Å². The van der Waals surface area contributed by atoms with Gasteiger partial charge in [-0.3, -0.25) is 4.79 Å². The van der Waals surface area contributed by atoms with E-state index in [4.69, 9.17) is 0 Å². The molecule has 0 saturated carbocycles. The fraction of sp³-hybridized carbons (Fsp3) is 0.700. The van der Waals surface area contributed by atoms with Crippen molar-refractivity contribution in [2.75, 3.05) is 6.54 Å². The summed E-state index contributed by atoms with van der Waals surface area (Å²) in [4.78, 5) is 15.3. The molecule has 1 amide bonds. The number of carbonyl (C=O) groups is 1. The Bertz CT molecular complexity index is 296. The molecule has 6 heteroatoms. The molecular formula is C10H18N4O2. The SMILES string of the molecule is CCC(CC)NC(=O)CNCc1ncon1. The normalized spacial score (nSPS) is 10.7. The number of amides is 1. The number of aromatic nitrogens is 2. The van der Waals surface area contributed by atoms with Crippen LogP contribution >= 0.6 is 0 Å². The molecule has 1 aromatic heterocycles. The van der Waals surface area contributed by atoms with Gasteiger partial charge in [0.05, 0.1) is 13.1 Å². The van der Waals surface area contributed by atoms with Crippen LogP contribution in [0.5, 0.6) is 0 Å². The zero-order valence-electron chi connectivity index (χ0n) is 9.69. The Kier molecular flexibility index (Phi) is 5.49. The predicted molar refractivity (Wildman–Crippen MR) is 58.5 cm³/mol. The minimum Gasteiger partial charge on any atom is -0.352 e. The second-order valence-corrected chi connectivity index (χ2v) is 3.53. The van der Waals surface area contributed by atoms with Crippen molar-refractivity contribution in [1.29, 1.82) is 0 Å². The lowest BCUT2D eigenvalue weighted by molar-refractivity contribution is -0.121. The van der Waals surface area contributed by atoms with E-state index >= 15 is 0 Å². The van der Waals surface area contributed by atoms with Gasteiger partial charge >= 0.3 is 0 Å². The Morgan fingerprint density at radius 2 is 2.25 bits per heavy atom. The molecule has 0 bridgehead atoms. The molecule has 0 aliphatic carbocycles. The van der Waals surface area contributed by atoms with Gasteiger partial charge in [0.15, 0.2) is 5.82 Å². The van der Waals surface area contributed by atoms with E-state index in [1.54, 1.807) is 0 Å². The van der Waals surface area contributed by atoms with Crippen molar-refractivity contribution < 1.29 is 9.32 Å². The molecule has 0 radical (unpaired) electrons. The zero-order chi connectivity index (χ0) is 11.8. The lowest BCUT2D eigenvalue weighted by Crippen LogP contribution is -2.39. The molecule has 0 atom stereocenters.